The topological polar surface area (TPSA) is 128 Å². The third-order valence-corrected chi connectivity index (χ3v) is 6.52. The van der Waals surface area contributed by atoms with Crippen molar-refractivity contribution in [1.82, 2.24) is 10.6 Å². The monoisotopic (exact) mass is 568 g/mol. The van der Waals surface area contributed by atoms with Crippen LogP contribution in [0.3, 0.4) is 0 Å². The summed E-state index contributed by atoms with van der Waals surface area (Å²) >= 11 is 0. The minimum Gasteiger partial charge on any atom is -0.481 e. The van der Waals surface area contributed by atoms with Crippen LogP contribution in [0.15, 0.2) is 78.9 Å². The number of halogens is 3. The molecule has 1 aliphatic heterocycles. The lowest BCUT2D eigenvalue weighted by molar-refractivity contribution is -0.138. The molecule has 4 N–H and O–H groups in total. The first kappa shape index (κ1) is 29.1. The van der Waals surface area contributed by atoms with Crippen LogP contribution in [0.5, 0.6) is 0 Å². The Balaban J connectivity index is 1.36. The molecule has 0 saturated carbocycles. The van der Waals surface area contributed by atoms with Crippen molar-refractivity contribution in [2.45, 2.75) is 31.6 Å². The standard InChI is InChI=1S/C29H27F3N4O5/c30-29(31,32)21-9-4-6-18(12-21)16-33-28(41)34-22-10-5-11-23(14-22)36-17-20(13-25(36)37)27(40)35-24(15-26(38)39)19-7-2-1-3-8-19/h1-12,14,20,24H,13,15-17H2,(H,35,40)(H,38,39)(H2,33,34,41). The number of nitrogens with one attached hydrogen (secondary N) is 3. The molecule has 2 unspecified atom stereocenters. The van der Waals surface area contributed by atoms with Crippen LogP contribution in [-0.4, -0.2) is 35.5 Å². The molecule has 3 aromatic carbocycles. The molecule has 4 amide bonds. The minimum absolute atomic E-state index is 0.0600. The first-order chi connectivity index (χ1) is 19.5. The van der Waals surface area contributed by atoms with E-state index >= 15 is 0 Å². The van der Waals surface area contributed by atoms with Crippen molar-refractivity contribution in [2.24, 2.45) is 5.92 Å². The molecule has 0 radical (unpaired) electrons. The maximum atomic E-state index is 13.0. The van der Waals surface area contributed by atoms with Crippen LogP contribution >= 0.6 is 0 Å². The number of carbonyl (C=O) groups is 4. The van der Waals surface area contributed by atoms with Crippen molar-refractivity contribution < 1.29 is 37.5 Å². The van der Waals surface area contributed by atoms with Crippen molar-refractivity contribution in [2.75, 3.05) is 16.8 Å². The van der Waals surface area contributed by atoms with E-state index in [1.54, 1.807) is 54.6 Å². The molecule has 41 heavy (non-hydrogen) atoms. The first-order valence-corrected chi connectivity index (χ1v) is 12.7. The largest absolute Gasteiger partial charge is 0.481 e. The van der Waals surface area contributed by atoms with Crippen LogP contribution in [0.2, 0.25) is 0 Å². The van der Waals surface area contributed by atoms with Gasteiger partial charge in [0.2, 0.25) is 11.8 Å². The quantitative estimate of drug-likeness (QED) is 0.297. The molecule has 0 bridgehead atoms. The van der Waals surface area contributed by atoms with E-state index in [0.717, 1.165) is 12.1 Å². The van der Waals surface area contributed by atoms with E-state index in [1.165, 1.54) is 17.0 Å². The number of alkyl halides is 3. The number of hydrogen-bond acceptors (Lipinski definition) is 4. The Morgan fingerprint density at radius 3 is 2.41 bits per heavy atom. The fourth-order valence-corrected chi connectivity index (χ4v) is 4.50. The van der Waals surface area contributed by atoms with Gasteiger partial charge in [-0.05, 0) is 41.5 Å². The smallest absolute Gasteiger partial charge is 0.416 e. The molecule has 1 heterocycles. The van der Waals surface area contributed by atoms with Crippen LogP contribution < -0.4 is 20.9 Å². The second-order valence-corrected chi connectivity index (χ2v) is 9.53. The summed E-state index contributed by atoms with van der Waals surface area (Å²) in [5.41, 5.74) is 0.856. The summed E-state index contributed by atoms with van der Waals surface area (Å²) in [4.78, 5) is 50.9. The normalized spacial score (nSPS) is 15.7. The summed E-state index contributed by atoms with van der Waals surface area (Å²) in [6.07, 6.45) is -4.88. The molecule has 1 saturated heterocycles. The number of aliphatic carboxylic acids is 1. The lowest BCUT2D eigenvalue weighted by Crippen LogP contribution is -2.36. The lowest BCUT2D eigenvalue weighted by atomic mass is 10.0. The number of carbonyl (C=O) groups excluding carboxylic acids is 3. The van der Waals surface area contributed by atoms with Gasteiger partial charge >= 0.3 is 18.2 Å². The van der Waals surface area contributed by atoms with Crippen LogP contribution in [0.1, 0.15) is 35.6 Å². The fraction of sp³-hybridized carbons (Fsp3) is 0.241. The van der Waals surface area contributed by atoms with E-state index in [4.69, 9.17) is 0 Å². The first-order valence-electron chi connectivity index (χ1n) is 12.7. The molecular formula is C29H27F3N4O5. The SMILES string of the molecule is O=C(O)CC(NC(=O)C1CC(=O)N(c2cccc(NC(=O)NCc3cccc(C(F)(F)F)c3)c2)C1)c1ccccc1. The van der Waals surface area contributed by atoms with E-state index in [9.17, 15) is 37.5 Å². The van der Waals surface area contributed by atoms with Crippen LogP contribution in [0.25, 0.3) is 0 Å². The lowest BCUT2D eigenvalue weighted by Gasteiger charge is -2.21. The molecule has 214 valence electrons. The number of nitrogens with zero attached hydrogens (tertiary/aromatic N) is 1. The number of amides is 4. The number of carboxylic acids is 1. The molecule has 0 spiro atoms. The summed E-state index contributed by atoms with van der Waals surface area (Å²) in [7, 11) is 0. The van der Waals surface area contributed by atoms with Gasteiger partial charge in [-0.15, -0.1) is 0 Å². The van der Waals surface area contributed by atoms with Crippen LogP contribution in [-0.2, 0) is 27.1 Å². The zero-order valence-electron chi connectivity index (χ0n) is 21.6. The van der Waals surface area contributed by atoms with Gasteiger partial charge < -0.3 is 26.0 Å². The average Bonchev–Trinajstić information content (AvgIpc) is 3.33. The Kier molecular flexibility index (Phi) is 8.91. The molecule has 2 atom stereocenters. The Morgan fingerprint density at radius 1 is 0.976 bits per heavy atom. The van der Waals surface area contributed by atoms with Gasteiger partial charge in [0.25, 0.3) is 0 Å². The predicted molar refractivity (Wildman–Crippen MR) is 144 cm³/mol. The van der Waals surface area contributed by atoms with Gasteiger partial charge in [-0.2, -0.15) is 13.2 Å². The predicted octanol–water partition coefficient (Wildman–Crippen LogP) is 4.71. The average molecular weight is 569 g/mol. The van der Waals surface area contributed by atoms with Crippen molar-refractivity contribution in [3.63, 3.8) is 0 Å². The van der Waals surface area contributed by atoms with Crippen LogP contribution in [0.4, 0.5) is 29.3 Å². The number of benzene rings is 3. The van der Waals surface area contributed by atoms with E-state index in [0.29, 0.717) is 16.9 Å². The number of urea groups is 1. The zero-order valence-corrected chi connectivity index (χ0v) is 21.6. The molecule has 9 nitrogen and oxygen atoms in total. The fourth-order valence-electron chi connectivity index (χ4n) is 4.50. The third-order valence-electron chi connectivity index (χ3n) is 6.52. The zero-order chi connectivity index (χ0) is 29.6. The number of rotatable bonds is 9. The summed E-state index contributed by atoms with van der Waals surface area (Å²) < 4.78 is 38.7. The maximum absolute atomic E-state index is 13.0. The number of hydrogen-bond donors (Lipinski definition) is 4. The van der Waals surface area contributed by atoms with E-state index in [1.807, 2.05) is 0 Å². The van der Waals surface area contributed by atoms with E-state index in [2.05, 4.69) is 16.0 Å². The Hall–Kier alpha value is -4.87. The summed E-state index contributed by atoms with van der Waals surface area (Å²) in [5, 5.41) is 17.1. The molecule has 1 aliphatic rings. The second kappa shape index (κ2) is 12.5. The molecule has 4 rings (SSSR count). The molecule has 1 fully saturated rings. The van der Waals surface area contributed by atoms with Gasteiger partial charge in [0.15, 0.2) is 0 Å². The Morgan fingerprint density at radius 2 is 1.71 bits per heavy atom. The molecular weight excluding hydrogens is 541 g/mol. The molecule has 0 aromatic heterocycles. The summed E-state index contributed by atoms with van der Waals surface area (Å²) in [6, 6.07) is 18.3. The van der Waals surface area contributed by atoms with Gasteiger partial charge in [-0.1, -0.05) is 48.5 Å². The van der Waals surface area contributed by atoms with Gasteiger partial charge in [0, 0.05) is 30.9 Å². The highest BCUT2D eigenvalue weighted by atomic mass is 19.4. The summed E-state index contributed by atoms with van der Waals surface area (Å²) in [6.45, 7) is -0.0762. The van der Waals surface area contributed by atoms with E-state index < -0.39 is 41.6 Å². The summed E-state index contributed by atoms with van der Waals surface area (Å²) in [5.74, 6) is -2.55. The highest BCUT2D eigenvalue weighted by molar-refractivity contribution is 6.01. The number of carboxylic acid groups (broad SMARTS) is 1. The highest BCUT2D eigenvalue weighted by Gasteiger charge is 2.36. The molecule has 3 aromatic rings. The van der Waals surface area contributed by atoms with Gasteiger partial charge in [-0.3, -0.25) is 14.4 Å². The number of anilines is 2. The minimum atomic E-state index is -4.49. The maximum Gasteiger partial charge on any atom is 0.416 e. The highest BCUT2D eigenvalue weighted by Crippen LogP contribution is 2.30. The van der Waals surface area contributed by atoms with Gasteiger partial charge in [0.1, 0.15) is 0 Å². The molecule has 12 heteroatoms. The van der Waals surface area contributed by atoms with E-state index in [-0.39, 0.29) is 37.4 Å². The van der Waals surface area contributed by atoms with Gasteiger partial charge in [0.05, 0.1) is 23.9 Å². The van der Waals surface area contributed by atoms with Crippen molar-refractivity contribution in [3.8, 4) is 0 Å². The van der Waals surface area contributed by atoms with Gasteiger partial charge in [-0.25, -0.2) is 4.79 Å². The van der Waals surface area contributed by atoms with Crippen LogP contribution in [0, 0.1) is 5.92 Å². The van der Waals surface area contributed by atoms with Crippen molar-refractivity contribution in [1.29, 1.82) is 0 Å². The second-order valence-electron chi connectivity index (χ2n) is 9.53. The van der Waals surface area contributed by atoms with Crippen molar-refractivity contribution in [3.05, 3.63) is 95.6 Å². The Labute approximate surface area is 233 Å². The Bertz CT molecular complexity index is 1430. The van der Waals surface area contributed by atoms with Crippen molar-refractivity contribution >= 4 is 35.2 Å². The third kappa shape index (κ3) is 7.84. The molecule has 0 aliphatic carbocycles.